The summed E-state index contributed by atoms with van der Waals surface area (Å²) in [5.74, 6) is 0.616. The van der Waals surface area contributed by atoms with Crippen molar-refractivity contribution >= 4 is 12.6 Å². The summed E-state index contributed by atoms with van der Waals surface area (Å²) in [4.78, 5) is 22.7. The van der Waals surface area contributed by atoms with E-state index in [9.17, 15) is 9.79 Å². The van der Waals surface area contributed by atoms with Crippen LogP contribution in [0.2, 0.25) is 0 Å². The van der Waals surface area contributed by atoms with Crippen molar-refractivity contribution in [3.63, 3.8) is 0 Å². The number of hydrogen-bond donors (Lipinski definition) is 2. The summed E-state index contributed by atoms with van der Waals surface area (Å²) in [7, 11) is -4.50. The quantitative estimate of drug-likeness (QED) is 0.820. The van der Waals surface area contributed by atoms with Crippen LogP contribution in [0, 0.1) is 19.8 Å². The zero-order chi connectivity index (χ0) is 16.4. The van der Waals surface area contributed by atoms with E-state index in [1.54, 1.807) is 12.1 Å². The van der Waals surface area contributed by atoms with E-state index in [4.69, 9.17) is 4.52 Å². The zero-order valence-corrected chi connectivity index (χ0v) is 14.5. The number of rotatable bonds is 5. The van der Waals surface area contributed by atoms with Gasteiger partial charge in [-0.15, -0.1) is 0 Å². The van der Waals surface area contributed by atoms with Crippen molar-refractivity contribution in [2.75, 3.05) is 6.16 Å². The predicted molar refractivity (Wildman–Crippen MR) is 93.7 cm³/mol. The first-order valence-electron chi connectivity index (χ1n) is 7.54. The van der Waals surface area contributed by atoms with Crippen molar-refractivity contribution in [2.45, 2.75) is 27.7 Å². The Morgan fingerprint density at radius 1 is 0.909 bits per heavy atom. The molecular formula is C18H25O3P. The minimum atomic E-state index is -4.50. The summed E-state index contributed by atoms with van der Waals surface area (Å²) in [5, 5.41) is 0.505. The zero-order valence-electron chi connectivity index (χ0n) is 13.7. The van der Waals surface area contributed by atoms with E-state index < -0.39 is 7.28 Å². The van der Waals surface area contributed by atoms with E-state index in [1.165, 1.54) is 0 Å². The standard InChI is InChI=1S/C18H25O3P/c1-14(2)13-22(19,20,18-12-8-6-10-16(18)4)21-17-11-7-5-9-15(17)3/h5-12,14,19-20H,13H2,1-4H3. The van der Waals surface area contributed by atoms with Crippen molar-refractivity contribution in [1.82, 2.24) is 0 Å². The molecule has 0 heterocycles. The maximum atomic E-state index is 11.3. The van der Waals surface area contributed by atoms with Crippen LogP contribution in [0.15, 0.2) is 48.5 Å². The molecule has 0 bridgehead atoms. The fourth-order valence-corrected chi connectivity index (χ4v) is 6.25. The predicted octanol–water partition coefficient (Wildman–Crippen LogP) is 3.95. The fourth-order valence-electron chi connectivity index (χ4n) is 2.78. The number of aryl methyl sites for hydroxylation is 2. The van der Waals surface area contributed by atoms with E-state index in [1.807, 2.05) is 64.1 Å². The van der Waals surface area contributed by atoms with Crippen LogP contribution >= 0.6 is 7.28 Å². The van der Waals surface area contributed by atoms with Crippen molar-refractivity contribution < 1.29 is 14.3 Å². The molecule has 2 aromatic rings. The van der Waals surface area contributed by atoms with Crippen LogP contribution in [0.25, 0.3) is 0 Å². The first kappa shape index (κ1) is 17.0. The molecule has 0 atom stereocenters. The van der Waals surface area contributed by atoms with Crippen LogP contribution in [0.5, 0.6) is 5.75 Å². The average molecular weight is 320 g/mol. The number of para-hydroxylation sites is 1. The Hall–Kier alpha value is -1.41. The van der Waals surface area contributed by atoms with Gasteiger partial charge in [0, 0.05) is 0 Å². The Morgan fingerprint density at radius 2 is 1.45 bits per heavy atom. The van der Waals surface area contributed by atoms with Gasteiger partial charge in [0.05, 0.1) is 0 Å². The Labute approximate surface area is 132 Å². The molecule has 22 heavy (non-hydrogen) atoms. The second-order valence-corrected chi connectivity index (χ2v) is 9.59. The molecule has 0 fully saturated rings. The van der Waals surface area contributed by atoms with E-state index in [0.717, 1.165) is 11.1 Å². The molecule has 0 aliphatic heterocycles. The molecule has 120 valence electrons. The minimum absolute atomic E-state index is 0.0938. The van der Waals surface area contributed by atoms with Gasteiger partial charge in [0.25, 0.3) is 0 Å². The van der Waals surface area contributed by atoms with Gasteiger partial charge >= 0.3 is 132 Å². The molecule has 0 aliphatic rings. The molecule has 4 heteroatoms. The molecule has 0 saturated heterocycles. The maximum absolute atomic E-state index is 11.3. The molecule has 3 nitrogen and oxygen atoms in total. The average Bonchev–Trinajstić information content (AvgIpc) is 2.40. The summed E-state index contributed by atoms with van der Waals surface area (Å²) >= 11 is 0. The van der Waals surface area contributed by atoms with Gasteiger partial charge in [-0.25, -0.2) is 0 Å². The van der Waals surface area contributed by atoms with Gasteiger partial charge in [0.15, 0.2) is 0 Å². The SMILES string of the molecule is Cc1ccccc1OP(O)(O)(CC(C)C)c1ccccc1C. The summed E-state index contributed by atoms with van der Waals surface area (Å²) in [5.41, 5.74) is 1.72. The van der Waals surface area contributed by atoms with Crippen molar-refractivity contribution in [1.29, 1.82) is 0 Å². The molecule has 0 unspecified atom stereocenters. The Morgan fingerprint density at radius 3 is 2.00 bits per heavy atom. The molecule has 2 aromatic carbocycles. The number of hydrogen-bond acceptors (Lipinski definition) is 3. The molecule has 0 aliphatic carbocycles. The first-order valence-corrected chi connectivity index (χ1v) is 9.79. The van der Waals surface area contributed by atoms with Crippen LogP contribution in [0.1, 0.15) is 25.0 Å². The molecule has 0 amide bonds. The Kier molecular flexibility index (Phi) is 4.62. The van der Waals surface area contributed by atoms with Gasteiger partial charge in [-0.3, -0.25) is 0 Å². The molecule has 0 radical (unpaired) electrons. The second-order valence-electron chi connectivity index (χ2n) is 6.33. The molecule has 0 aromatic heterocycles. The van der Waals surface area contributed by atoms with E-state index in [2.05, 4.69) is 0 Å². The normalized spacial score (nSPS) is 13.7. The molecule has 2 N–H and O–H groups in total. The van der Waals surface area contributed by atoms with Gasteiger partial charge < -0.3 is 0 Å². The third-order valence-corrected chi connectivity index (χ3v) is 7.12. The third kappa shape index (κ3) is 3.49. The van der Waals surface area contributed by atoms with Gasteiger partial charge in [0.2, 0.25) is 0 Å². The molecule has 0 spiro atoms. The third-order valence-electron chi connectivity index (χ3n) is 3.68. The van der Waals surface area contributed by atoms with Crippen molar-refractivity contribution in [3.8, 4) is 5.75 Å². The van der Waals surface area contributed by atoms with Crippen LogP contribution < -0.4 is 9.83 Å². The van der Waals surface area contributed by atoms with Crippen LogP contribution in [0.3, 0.4) is 0 Å². The topological polar surface area (TPSA) is 49.7 Å². The van der Waals surface area contributed by atoms with Crippen LogP contribution in [-0.4, -0.2) is 15.9 Å². The van der Waals surface area contributed by atoms with Gasteiger partial charge in [-0.05, 0) is 0 Å². The molecular weight excluding hydrogens is 295 g/mol. The fraction of sp³-hybridized carbons (Fsp3) is 0.333. The van der Waals surface area contributed by atoms with Gasteiger partial charge in [-0.2, -0.15) is 0 Å². The van der Waals surface area contributed by atoms with Crippen molar-refractivity contribution in [2.24, 2.45) is 5.92 Å². The molecule has 2 rings (SSSR count). The monoisotopic (exact) mass is 320 g/mol. The second kappa shape index (κ2) is 6.00. The van der Waals surface area contributed by atoms with Crippen molar-refractivity contribution in [3.05, 3.63) is 59.7 Å². The summed E-state index contributed by atoms with van der Waals surface area (Å²) < 4.78 is 5.94. The number of benzene rings is 2. The first-order chi connectivity index (χ1) is 10.2. The summed E-state index contributed by atoms with van der Waals surface area (Å²) in [6.45, 7) is 7.71. The molecule has 0 saturated carbocycles. The summed E-state index contributed by atoms with van der Waals surface area (Å²) in [6, 6.07) is 14.8. The van der Waals surface area contributed by atoms with Crippen LogP contribution in [0.4, 0.5) is 0 Å². The van der Waals surface area contributed by atoms with Gasteiger partial charge in [0.1, 0.15) is 0 Å². The Balaban J connectivity index is 2.57. The summed E-state index contributed by atoms with van der Waals surface area (Å²) in [6.07, 6.45) is 0.199. The van der Waals surface area contributed by atoms with E-state index in [0.29, 0.717) is 11.1 Å². The van der Waals surface area contributed by atoms with E-state index >= 15 is 0 Å². The van der Waals surface area contributed by atoms with Gasteiger partial charge in [-0.1, -0.05) is 0 Å². The van der Waals surface area contributed by atoms with Crippen LogP contribution in [-0.2, 0) is 0 Å². The van der Waals surface area contributed by atoms with E-state index in [-0.39, 0.29) is 12.1 Å². The Bertz CT molecular complexity index is 665.